The lowest BCUT2D eigenvalue weighted by molar-refractivity contribution is -0.0855. The Balaban J connectivity index is 0.00000338. The van der Waals surface area contributed by atoms with Crippen LogP contribution in [0.2, 0.25) is 0 Å². The molecule has 8 nitrogen and oxygen atoms in total. The van der Waals surface area contributed by atoms with Crippen LogP contribution in [0.3, 0.4) is 0 Å². The molecule has 2 rings (SSSR count). The molecule has 2 saturated heterocycles. The SMILES string of the molecule is CCS(=O)(=O)N1CCC(NC(=NC)NCC2(OC)CCOCC2)CC1.I. The van der Waals surface area contributed by atoms with Gasteiger partial charge in [-0.05, 0) is 19.8 Å². The number of halogens is 1. The number of sulfonamides is 1. The summed E-state index contributed by atoms with van der Waals surface area (Å²) in [5, 5.41) is 6.76. The van der Waals surface area contributed by atoms with E-state index in [0.717, 1.165) is 31.6 Å². The Bertz CT molecular complexity index is 544. The van der Waals surface area contributed by atoms with E-state index in [1.54, 1.807) is 25.4 Å². The average molecular weight is 504 g/mol. The molecule has 2 N–H and O–H groups in total. The van der Waals surface area contributed by atoms with Gasteiger partial charge in [-0.2, -0.15) is 0 Å². The number of aliphatic imine (C=N–C) groups is 1. The minimum atomic E-state index is -3.08. The van der Waals surface area contributed by atoms with Crippen molar-refractivity contribution in [3.05, 3.63) is 0 Å². The van der Waals surface area contributed by atoms with Crippen LogP contribution in [-0.2, 0) is 19.5 Å². The largest absolute Gasteiger partial charge is 0.381 e. The van der Waals surface area contributed by atoms with Crippen LogP contribution in [0.5, 0.6) is 0 Å². The van der Waals surface area contributed by atoms with E-state index < -0.39 is 10.0 Å². The summed E-state index contributed by atoms with van der Waals surface area (Å²) in [4.78, 5) is 4.29. The Kier molecular flexibility index (Phi) is 10.1. The zero-order valence-electron chi connectivity index (χ0n) is 16.0. The van der Waals surface area contributed by atoms with Gasteiger partial charge in [0, 0.05) is 65.9 Å². The lowest BCUT2D eigenvalue weighted by Crippen LogP contribution is -2.54. The van der Waals surface area contributed by atoms with Gasteiger partial charge in [0.2, 0.25) is 10.0 Å². The molecule has 0 aromatic carbocycles. The van der Waals surface area contributed by atoms with Crippen molar-refractivity contribution in [2.75, 3.05) is 52.8 Å². The molecular formula is C16H33IN4O4S. The monoisotopic (exact) mass is 504 g/mol. The van der Waals surface area contributed by atoms with Crippen LogP contribution in [0.15, 0.2) is 4.99 Å². The number of rotatable bonds is 6. The van der Waals surface area contributed by atoms with Gasteiger partial charge in [-0.3, -0.25) is 4.99 Å². The van der Waals surface area contributed by atoms with E-state index in [-0.39, 0.29) is 41.4 Å². The van der Waals surface area contributed by atoms with Crippen molar-refractivity contribution < 1.29 is 17.9 Å². The Hall–Kier alpha value is -0.170. The number of piperidine rings is 1. The minimum Gasteiger partial charge on any atom is -0.381 e. The summed E-state index contributed by atoms with van der Waals surface area (Å²) in [7, 11) is 0.405. The fourth-order valence-corrected chi connectivity index (χ4v) is 4.42. The maximum atomic E-state index is 11.9. The highest BCUT2D eigenvalue weighted by atomic mass is 127. The van der Waals surface area contributed by atoms with E-state index in [9.17, 15) is 8.42 Å². The Morgan fingerprint density at radius 3 is 2.42 bits per heavy atom. The van der Waals surface area contributed by atoms with Crippen LogP contribution in [0, 0.1) is 0 Å². The molecule has 0 atom stereocenters. The smallest absolute Gasteiger partial charge is 0.213 e. The molecule has 0 bridgehead atoms. The van der Waals surface area contributed by atoms with Gasteiger partial charge in [0.15, 0.2) is 5.96 Å². The predicted octanol–water partition coefficient (Wildman–Crippen LogP) is 0.779. The second-order valence-corrected chi connectivity index (χ2v) is 8.90. The fraction of sp³-hybridized carbons (Fsp3) is 0.938. The maximum Gasteiger partial charge on any atom is 0.213 e. The number of nitrogens with one attached hydrogen (secondary N) is 2. The zero-order valence-corrected chi connectivity index (χ0v) is 19.1. The molecule has 2 heterocycles. The van der Waals surface area contributed by atoms with Gasteiger partial charge in [-0.25, -0.2) is 12.7 Å². The molecule has 10 heteroatoms. The topological polar surface area (TPSA) is 92.3 Å². The van der Waals surface area contributed by atoms with E-state index in [4.69, 9.17) is 9.47 Å². The lowest BCUT2D eigenvalue weighted by atomic mass is 9.94. The van der Waals surface area contributed by atoms with Crippen molar-refractivity contribution in [1.82, 2.24) is 14.9 Å². The minimum absolute atomic E-state index is 0. The molecule has 2 aliphatic rings. The standard InChI is InChI=1S/C16H32N4O4S.HI/c1-4-25(21,22)20-9-5-14(6-10-20)19-15(17-2)18-13-16(23-3)7-11-24-12-8-16;/h14H,4-13H2,1-3H3,(H2,17,18,19);1H. The maximum absolute atomic E-state index is 11.9. The van der Waals surface area contributed by atoms with Gasteiger partial charge >= 0.3 is 0 Å². The van der Waals surface area contributed by atoms with E-state index in [2.05, 4.69) is 15.6 Å². The van der Waals surface area contributed by atoms with Crippen LogP contribution < -0.4 is 10.6 Å². The molecule has 2 aliphatic heterocycles. The van der Waals surface area contributed by atoms with Gasteiger partial charge < -0.3 is 20.1 Å². The molecule has 0 aromatic heterocycles. The van der Waals surface area contributed by atoms with Crippen LogP contribution >= 0.6 is 24.0 Å². The molecule has 2 fully saturated rings. The molecule has 0 saturated carbocycles. The predicted molar refractivity (Wildman–Crippen MR) is 114 cm³/mol. The molecule has 0 radical (unpaired) electrons. The van der Waals surface area contributed by atoms with Crippen molar-refractivity contribution in [3.8, 4) is 0 Å². The summed E-state index contributed by atoms with van der Waals surface area (Å²) in [5.74, 6) is 0.900. The summed E-state index contributed by atoms with van der Waals surface area (Å²) in [6.07, 6.45) is 3.29. The summed E-state index contributed by atoms with van der Waals surface area (Å²) >= 11 is 0. The molecule has 0 unspecified atom stereocenters. The lowest BCUT2D eigenvalue weighted by Gasteiger charge is -2.37. The summed E-state index contributed by atoms with van der Waals surface area (Å²) in [5.41, 5.74) is -0.214. The Morgan fingerprint density at radius 2 is 1.92 bits per heavy atom. The van der Waals surface area contributed by atoms with E-state index >= 15 is 0 Å². The number of nitrogens with zero attached hydrogens (tertiary/aromatic N) is 2. The molecule has 0 aromatic rings. The number of methoxy groups -OCH3 is 1. The first-order chi connectivity index (χ1) is 11.9. The normalized spacial score (nSPS) is 22.5. The van der Waals surface area contributed by atoms with Gasteiger partial charge in [0.1, 0.15) is 0 Å². The van der Waals surface area contributed by atoms with E-state index in [1.807, 2.05) is 0 Å². The van der Waals surface area contributed by atoms with Gasteiger partial charge in [-0.1, -0.05) is 0 Å². The van der Waals surface area contributed by atoms with Gasteiger partial charge in [-0.15, -0.1) is 24.0 Å². The molecule has 0 aliphatic carbocycles. The van der Waals surface area contributed by atoms with Crippen molar-refractivity contribution in [2.45, 2.75) is 44.2 Å². The van der Waals surface area contributed by atoms with Gasteiger partial charge in [0.05, 0.1) is 11.4 Å². The van der Waals surface area contributed by atoms with Crippen LogP contribution in [0.1, 0.15) is 32.6 Å². The van der Waals surface area contributed by atoms with Crippen molar-refractivity contribution >= 4 is 40.0 Å². The first kappa shape index (κ1) is 23.9. The summed E-state index contributed by atoms with van der Waals surface area (Å²) in [6, 6.07) is 0.225. The van der Waals surface area contributed by atoms with E-state index in [1.165, 1.54) is 0 Å². The number of ether oxygens (including phenoxy) is 2. The number of hydrogen-bond donors (Lipinski definition) is 2. The third kappa shape index (κ3) is 6.47. The van der Waals surface area contributed by atoms with Crippen molar-refractivity contribution in [1.29, 1.82) is 0 Å². The second kappa shape index (κ2) is 11.0. The zero-order chi connectivity index (χ0) is 18.3. The van der Waals surface area contributed by atoms with Crippen molar-refractivity contribution in [3.63, 3.8) is 0 Å². The molecule has 0 amide bonds. The Morgan fingerprint density at radius 1 is 1.31 bits per heavy atom. The highest BCUT2D eigenvalue weighted by Crippen LogP contribution is 2.23. The van der Waals surface area contributed by atoms with Crippen molar-refractivity contribution in [2.24, 2.45) is 4.99 Å². The third-order valence-corrected chi connectivity index (χ3v) is 7.07. The van der Waals surface area contributed by atoms with Gasteiger partial charge in [0.25, 0.3) is 0 Å². The highest BCUT2D eigenvalue weighted by molar-refractivity contribution is 14.0. The highest BCUT2D eigenvalue weighted by Gasteiger charge is 2.33. The first-order valence-corrected chi connectivity index (χ1v) is 10.6. The third-order valence-electron chi connectivity index (χ3n) is 5.19. The van der Waals surface area contributed by atoms with Crippen LogP contribution in [0.4, 0.5) is 0 Å². The van der Waals surface area contributed by atoms with Crippen LogP contribution in [0.25, 0.3) is 0 Å². The fourth-order valence-electron chi connectivity index (χ4n) is 3.29. The average Bonchev–Trinajstić information content (AvgIpc) is 2.66. The Labute approximate surface area is 174 Å². The summed E-state index contributed by atoms with van der Waals surface area (Å²) < 4.78 is 36.6. The summed E-state index contributed by atoms with van der Waals surface area (Å²) in [6.45, 7) is 4.91. The molecular weight excluding hydrogens is 471 g/mol. The quantitative estimate of drug-likeness (QED) is 0.316. The molecule has 154 valence electrons. The van der Waals surface area contributed by atoms with Crippen LogP contribution in [-0.4, -0.2) is 83.1 Å². The van der Waals surface area contributed by atoms with E-state index in [0.29, 0.717) is 32.8 Å². The number of guanidine groups is 1. The first-order valence-electron chi connectivity index (χ1n) is 9.02. The molecule has 26 heavy (non-hydrogen) atoms. The second-order valence-electron chi connectivity index (χ2n) is 6.64. The molecule has 0 spiro atoms. The number of hydrogen-bond acceptors (Lipinski definition) is 5.